The van der Waals surface area contributed by atoms with Gasteiger partial charge in [0.15, 0.2) is 14.7 Å². The average molecular weight is 288 g/mol. The number of nitriles is 1. The maximum atomic E-state index is 8.95. The number of benzene rings is 3. The topological polar surface area (TPSA) is 23.8 Å². The summed E-state index contributed by atoms with van der Waals surface area (Å²) in [6, 6.07) is 31.1. The van der Waals surface area contributed by atoms with Crippen LogP contribution in [-0.4, -0.2) is 0 Å². The second-order valence-corrected chi connectivity index (χ2v) is 6.60. The van der Waals surface area contributed by atoms with E-state index in [2.05, 4.69) is 66.7 Å². The highest BCUT2D eigenvalue weighted by atomic mass is 32.2. The molecule has 100 valence electrons. The van der Waals surface area contributed by atoms with Crippen LogP contribution >= 0.6 is 0 Å². The Bertz CT molecular complexity index is 704. The lowest BCUT2D eigenvalue weighted by atomic mass is 10.2. The molecule has 2 heteroatoms. The van der Waals surface area contributed by atoms with Crippen molar-refractivity contribution in [3.8, 4) is 6.07 Å². The molecule has 3 aromatic carbocycles. The van der Waals surface area contributed by atoms with E-state index in [0.29, 0.717) is 5.56 Å². The molecule has 0 N–H and O–H groups in total. The van der Waals surface area contributed by atoms with E-state index >= 15 is 0 Å². The van der Waals surface area contributed by atoms with Crippen molar-refractivity contribution in [2.24, 2.45) is 0 Å². The molecule has 0 aliphatic heterocycles. The third-order valence-electron chi connectivity index (χ3n) is 3.18. The van der Waals surface area contributed by atoms with Gasteiger partial charge in [0.05, 0.1) is 22.5 Å². The number of rotatable bonds is 3. The van der Waals surface area contributed by atoms with E-state index in [-0.39, 0.29) is 10.9 Å². The fourth-order valence-corrected chi connectivity index (χ4v) is 4.27. The van der Waals surface area contributed by atoms with Crippen LogP contribution in [0.1, 0.15) is 5.56 Å². The van der Waals surface area contributed by atoms with Crippen molar-refractivity contribution >= 4 is 10.9 Å². The van der Waals surface area contributed by atoms with Crippen molar-refractivity contribution in [2.75, 3.05) is 0 Å². The Hall–Kier alpha value is -2.50. The molecule has 0 bridgehead atoms. The van der Waals surface area contributed by atoms with E-state index in [0.717, 1.165) is 0 Å². The standard InChI is InChI=1S/C19H14NS/c20-15-16-11-13-19(14-12-16)21(17-7-3-1-4-8-17)18-9-5-2-6-10-18/h1-14H/q+1. The lowest BCUT2D eigenvalue weighted by Gasteiger charge is -2.07. The van der Waals surface area contributed by atoms with Crippen LogP contribution in [0.15, 0.2) is 99.6 Å². The molecule has 0 spiro atoms. The lowest BCUT2D eigenvalue weighted by molar-refractivity contribution is 1.31. The first-order valence-corrected chi connectivity index (χ1v) is 7.95. The second-order valence-electron chi connectivity index (χ2n) is 4.57. The Morgan fingerprint density at radius 3 is 1.43 bits per heavy atom. The summed E-state index contributed by atoms with van der Waals surface area (Å²) >= 11 is 0. The van der Waals surface area contributed by atoms with Crippen LogP contribution < -0.4 is 0 Å². The van der Waals surface area contributed by atoms with Gasteiger partial charge in [0, 0.05) is 0 Å². The van der Waals surface area contributed by atoms with E-state index < -0.39 is 0 Å². The van der Waals surface area contributed by atoms with Gasteiger partial charge in [-0.2, -0.15) is 5.26 Å². The summed E-state index contributed by atoms with van der Waals surface area (Å²) in [4.78, 5) is 3.80. The minimum Gasteiger partial charge on any atom is -0.192 e. The zero-order valence-electron chi connectivity index (χ0n) is 11.4. The van der Waals surface area contributed by atoms with E-state index in [1.807, 2.05) is 24.3 Å². The van der Waals surface area contributed by atoms with Gasteiger partial charge in [-0.25, -0.2) is 0 Å². The Balaban J connectivity index is 2.10. The molecule has 3 aromatic rings. The Morgan fingerprint density at radius 1 is 0.571 bits per heavy atom. The van der Waals surface area contributed by atoms with Crippen molar-refractivity contribution in [2.45, 2.75) is 14.7 Å². The summed E-state index contributed by atoms with van der Waals surface area (Å²) in [5.41, 5.74) is 0.698. The molecule has 0 atom stereocenters. The van der Waals surface area contributed by atoms with Crippen LogP contribution in [0.25, 0.3) is 0 Å². The van der Waals surface area contributed by atoms with Crippen LogP contribution in [0.5, 0.6) is 0 Å². The summed E-state index contributed by atoms with van der Waals surface area (Å²) in [6.45, 7) is 0. The zero-order valence-corrected chi connectivity index (χ0v) is 12.3. The molecule has 0 saturated carbocycles. The van der Waals surface area contributed by atoms with Gasteiger partial charge in [-0.15, -0.1) is 0 Å². The smallest absolute Gasteiger partial charge is 0.166 e. The van der Waals surface area contributed by atoms with Gasteiger partial charge >= 0.3 is 0 Å². The maximum Gasteiger partial charge on any atom is 0.166 e. The Kier molecular flexibility index (Phi) is 4.04. The molecule has 0 aliphatic rings. The number of hydrogen-bond donors (Lipinski definition) is 0. The number of nitrogens with zero attached hydrogens (tertiary/aromatic N) is 1. The summed E-state index contributed by atoms with van der Waals surface area (Å²) in [5, 5.41) is 8.95. The van der Waals surface area contributed by atoms with Crippen molar-refractivity contribution in [3.63, 3.8) is 0 Å². The van der Waals surface area contributed by atoms with Crippen molar-refractivity contribution in [1.82, 2.24) is 0 Å². The van der Waals surface area contributed by atoms with Crippen LogP contribution in [0.3, 0.4) is 0 Å². The average Bonchev–Trinajstić information content (AvgIpc) is 2.58. The van der Waals surface area contributed by atoms with Crippen LogP contribution in [0.2, 0.25) is 0 Å². The highest BCUT2D eigenvalue weighted by Crippen LogP contribution is 2.30. The van der Waals surface area contributed by atoms with E-state index in [1.165, 1.54) is 14.7 Å². The molecule has 0 radical (unpaired) electrons. The molecule has 0 unspecified atom stereocenters. The second kappa shape index (κ2) is 6.30. The van der Waals surface area contributed by atoms with Gasteiger partial charge < -0.3 is 0 Å². The summed E-state index contributed by atoms with van der Waals surface area (Å²) in [5.74, 6) is 0. The monoisotopic (exact) mass is 288 g/mol. The predicted molar refractivity (Wildman–Crippen MR) is 86.2 cm³/mol. The third-order valence-corrected chi connectivity index (χ3v) is 5.41. The van der Waals surface area contributed by atoms with Gasteiger partial charge in [0.2, 0.25) is 0 Å². The van der Waals surface area contributed by atoms with Crippen LogP contribution in [-0.2, 0) is 10.9 Å². The zero-order chi connectivity index (χ0) is 14.5. The molecule has 3 rings (SSSR count). The predicted octanol–water partition coefficient (Wildman–Crippen LogP) is 4.65. The molecule has 1 nitrogen and oxygen atoms in total. The Morgan fingerprint density at radius 2 is 1.00 bits per heavy atom. The minimum atomic E-state index is -0.134. The fraction of sp³-hybridized carbons (Fsp3) is 0. The van der Waals surface area contributed by atoms with Gasteiger partial charge in [0.25, 0.3) is 0 Å². The van der Waals surface area contributed by atoms with Gasteiger partial charge in [-0.3, -0.25) is 0 Å². The molecule has 0 amide bonds. The summed E-state index contributed by atoms with van der Waals surface area (Å²) in [6.07, 6.45) is 0. The molecular formula is C19H14NS+. The minimum absolute atomic E-state index is 0.134. The lowest BCUT2D eigenvalue weighted by Crippen LogP contribution is -2.04. The largest absolute Gasteiger partial charge is 0.192 e. The Labute approximate surface area is 127 Å². The van der Waals surface area contributed by atoms with Crippen molar-refractivity contribution in [1.29, 1.82) is 5.26 Å². The summed E-state index contributed by atoms with van der Waals surface area (Å²) in [7, 11) is -0.134. The first-order valence-electron chi connectivity index (χ1n) is 6.73. The number of hydrogen-bond acceptors (Lipinski definition) is 1. The van der Waals surface area contributed by atoms with Crippen molar-refractivity contribution in [3.05, 3.63) is 90.5 Å². The summed E-state index contributed by atoms with van der Waals surface area (Å²) < 4.78 is 0. The third kappa shape index (κ3) is 2.99. The van der Waals surface area contributed by atoms with E-state index in [1.54, 1.807) is 0 Å². The molecule has 0 heterocycles. The molecule has 0 saturated heterocycles. The fourth-order valence-electron chi connectivity index (χ4n) is 2.19. The molecular weight excluding hydrogens is 274 g/mol. The molecule has 0 fully saturated rings. The first-order chi connectivity index (χ1) is 10.4. The van der Waals surface area contributed by atoms with Crippen LogP contribution in [0, 0.1) is 11.3 Å². The molecule has 21 heavy (non-hydrogen) atoms. The van der Waals surface area contributed by atoms with Crippen LogP contribution in [0.4, 0.5) is 0 Å². The molecule has 0 aromatic heterocycles. The van der Waals surface area contributed by atoms with Gasteiger partial charge in [-0.1, -0.05) is 36.4 Å². The van der Waals surface area contributed by atoms with Gasteiger partial charge in [-0.05, 0) is 48.5 Å². The highest BCUT2D eigenvalue weighted by molar-refractivity contribution is 7.97. The highest BCUT2D eigenvalue weighted by Gasteiger charge is 2.27. The molecule has 0 aliphatic carbocycles. The van der Waals surface area contributed by atoms with E-state index in [9.17, 15) is 0 Å². The first kappa shape index (κ1) is 13.5. The normalized spacial score (nSPS) is 10.3. The maximum absolute atomic E-state index is 8.95. The van der Waals surface area contributed by atoms with Crippen molar-refractivity contribution < 1.29 is 0 Å². The SMILES string of the molecule is N#Cc1ccc([S+](c2ccccc2)c2ccccc2)cc1. The quantitative estimate of drug-likeness (QED) is 0.643. The van der Waals surface area contributed by atoms with Gasteiger partial charge in [0.1, 0.15) is 0 Å². The van der Waals surface area contributed by atoms with E-state index in [4.69, 9.17) is 5.26 Å².